The van der Waals surface area contributed by atoms with Crippen molar-refractivity contribution in [3.63, 3.8) is 0 Å². The molecular formula is C25H22FNO4. The third kappa shape index (κ3) is 4.07. The number of carboxylic acid groups (broad SMARTS) is 1. The van der Waals surface area contributed by atoms with Gasteiger partial charge in [0.1, 0.15) is 17.1 Å². The quantitative estimate of drug-likeness (QED) is 0.613. The van der Waals surface area contributed by atoms with E-state index in [4.69, 9.17) is 9.84 Å². The first-order valence-corrected chi connectivity index (χ1v) is 10.1. The standard InChI is InChI=1S/C25H22FNO4/c26-19-10-11-22(31-16-24(29)30)21(15-19)25(23(28)14-17-6-2-1-3-7-17)20-9-5-4-8-18(20)12-13-27-25/h1-11,15,27H,12-14,16H2,(H,29,30). The van der Waals surface area contributed by atoms with Gasteiger partial charge in [0.05, 0.1) is 0 Å². The van der Waals surface area contributed by atoms with Crippen LogP contribution in [0.2, 0.25) is 0 Å². The smallest absolute Gasteiger partial charge is 0.341 e. The van der Waals surface area contributed by atoms with E-state index in [0.29, 0.717) is 6.54 Å². The number of ketones is 1. The van der Waals surface area contributed by atoms with Crippen molar-refractivity contribution in [2.75, 3.05) is 13.2 Å². The number of nitrogens with one attached hydrogen (secondary N) is 1. The summed E-state index contributed by atoms with van der Waals surface area (Å²) in [6.45, 7) is -0.0876. The summed E-state index contributed by atoms with van der Waals surface area (Å²) < 4.78 is 19.9. The Morgan fingerprint density at radius 2 is 1.74 bits per heavy atom. The molecule has 0 saturated carbocycles. The first-order valence-electron chi connectivity index (χ1n) is 10.1. The maximum absolute atomic E-state index is 14.4. The highest BCUT2D eigenvalue weighted by atomic mass is 19.1. The van der Waals surface area contributed by atoms with Gasteiger partial charge in [-0.1, -0.05) is 54.6 Å². The van der Waals surface area contributed by atoms with Crippen molar-refractivity contribution in [3.05, 3.63) is 101 Å². The van der Waals surface area contributed by atoms with Crippen molar-refractivity contribution in [2.45, 2.75) is 18.4 Å². The Morgan fingerprint density at radius 1 is 1.00 bits per heavy atom. The fourth-order valence-electron chi connectivity index (χ4n) is 4.20. The largest absolute Gasteiger partial charge is 0.482 e. The molecule has 2 N–H and O–H groups in total. The van der Waals surface area contributed by atoms with Crippen molar-refractivity contribution >= 4 is 11.8 Å². The molecule has 0 bridgehead atoms. The Kier molecular flexibility index (Phi) is 5.82. The van der Waals surface area contributed by atoms with Crippen LogP contribution in [-0.4, -0.2) is 30.0 Å². The van der Waals surface area contributed by atoms with Crippen LogP contribution in [0.15, 0.2) is 72.8 Å². The Hall–Kier alpha value is -3.51. The van der Waals surface area contributed by atoms with Gasteiger partial charge < -0.3 is 9.84 Å². The van der Waals surface area contributed by atoms with Gasteiger partial charge in [-0.15, -0.1) is 0 Å². The van der Waals surface area contributed by atoms with E-state index in [2.05, 4.69) is 5.32 Å². The lowest BCUT2D eigenvalue weighted by molar-refractivity contribution is -0.139. The average molecular weight is 419 g/mol. The first kappa shape index (κ1) is 20.8. The zero-order chi connectivity index (χ0) is 21.8. The minimum atomic E-state index is -1.36. The third-order valence-corrected chi connectivity index (χ3v) is 5.53. The molecule has 0 aliphatic carbocycles. The number of carbonyl (C=O) groups excluding carboxylic acids is 1. The number of halogens is 1. The Labute approximate surface area is 179 Å². The molecule has 158 valence electrons. The molecule has 3 aromatic rings. The van der Waals surface area contributed by atoms with E-state index >= 15 is 0 Å². The van der Waals surface area contributed by atoms with Crippen LogP contribution in [0, 0.1) is 5.82 Å². The highest BCUT2D eigenvalue weighted by molar-refractivity contribution is 5.96. The fraction of sp³-hybridized carbons (Fsp3) is 0.200. The fourth-order valence-corrected chi connectivity index (χ4v) is 4.20. The van der Waals surface area contributed by atoms with Crippen molar-refractivity contribution < 1.29 is 23.8 Å². The summed E-state index contributed by atoms with van der Waals surface area (Å²) in [5.41, 5.74) is 1.47. The van der Waals surface area contributed by atoms with E-state index in [1.54, 1.807) is 0 Å². The molecule has 1 heterocycles. The van der Waals surface area contributed by atoms with Gasteiger partial charge >= 0.3 is 5.97 Å². The molecule has 4 rings (SSSR count). The molecule has 31 heavy (non-hydrogen) atoms. The van der Waals surface area contributed by atoms with Crippen LogP contribution in [0.5, 0.6) is 5.75 Å². The van der Waals surface area contributed by atoms with E-state index in [1.165, 1.54) is 18.2 Å². The second-order valence-electron chi connectivity index (χ2n) is 7.49. The number of aliphatic carboxylic acids is 1. The van der Waals surface area contributed by atoms with Crippen LogP contribution < -0.4 is 10.1 Å². The van der Waals surface area contributed by atoms with Crippen molar-refractivity contribution in [1.82, 2.24) is 5.32 Å². The maximum Gasteiger partial charge on any atom is 0.341 e. The van der Waals surface area contributed by atoms with E-state index in [9.17, 15) is 14.0 Å². The Balaban J connectivity index is 1.90. The topological polar surface area (TPSA) is 75.6 Å². The van der Waals surface area contributed by atoms with Crippen LogP contribution in [-0.2, 0) is 28.0 Å². The number of carboxylic acids is 1. The number of ether oxygens (including phenoxy) is 1. The summed E-state index contributed by atoms with van der Waals surface area (Å²) in [7, 11) is 0. The number of carbonyl (C=O) groups is 2. The first-order chi connectivity index (χ1) is 15.0. The summed E-state index contributed by atoms with van der Waals surface area (Å²) in [6, 6.07) is 20.7. The molecule has 6 heteroatoms. The predicted octanol–water partition coefficient (Wildman–Crippen LogP) is 3.49. The zero-order valence-corrected chi connectivity index (χ0v) is 16.8. The van der Waals surface area contributed by atoms with Gasteiger partial charge in [-0.2, -0.15) is 0 Å². The number of rotatable bonds is 7. The molecule has 0 spiro atoms. The van der Waals surface area contributed by atoms with Crippen molar-refractivity contribution in [2.24, 2.45) is 0 Å². The van der Waals surface area contributed by atoms with Crippen molar-refractivity contribution in [3.8, 4) is 5.75 Å². The lowest BCUT2D eigenvalue weighted by atomic mass is 9.72. The van der Waals surface area contributed by atoms with Gasteiger partial charge in [-0.3, -0.25) is 10.1 Å². The Bertz CT molecular complexity index is 1120. The summed E-state index contributed by atoms with van der Waals surface area (Å²) in [5.74, 6) is -1.70. The number of Topliss-reactive ketones (excluding diaryl/α,β-unsaturated/α-hetero) is 1. The van der Waals surface area contributed by atoms with Crippen LogP contribution in [0.25, 0.3) is 0 Å². The van der Waals surface area contributed by atoms with Gasteiger partial charge in [-0.05, 0) is 41.3 Å². The molecule has 1 unspecified atom stereocenters. The molecule has 0 fully saturated rings. The Morgan fingerprint density at radius 3 is 2.52 bits per heavy atom. The zero-order valence-electron chi connectivity index (χ0n) is 16.8. The van der Waals surface area contributed by atoms with Gasteiger partial charge in [0.15, 0.2) is 12.4 Å². The van der Waals surface area contributed by atoms with Crippen LogP contribution in [0.1, 0.15) is 22.3 Å². The van der Waals surface area contributed by atoms with E-state index in [-0.39, 0.29) is 23.5 Å². The summed E-state index contributed by atoms with van der Waals surface area (Å²) >= 11 is 0. The van der Waals surface area contributed by atoms with E-state index in [1.807, 2.05) is 54.6 Å². The lowest BCUT2D eigenvalue weighted by Crippen LogP contribution is -2.54. The molecule has 1 aliphatic heterocycles. The highest BCUT2D eigenvalue weighted by Gasteiger charge is 2.46. The second kappa shape index (κ2) is 8.70. The van der Waals surface area contributed by atoms with E-state index < -0.39 is 23.9 Å². The molecule has 1 aliphatic rings. The number of fused-ring (bicyclic) bond motifs is 1. The summed E-state index contributed by atoms with van der Waals surface area (Å²) in [5, 5.41) is 12.4. The molecule has 5 nitrogen and oxygen atoms in total. The van der Waals surface area contributed by atoms with Crippen LogP contribution >= 0.6 is 0 Å². The molecule has 0 aromatic heterocycles. The molecule has 0 amide bonds. The maximum atomic E-state index is 14.4. The van der Waals surface area contributed by atoms with E-state index in [0.717, 1.165) is 23.1 Å². The third-order valence-electron chi connectivity index (χ3n) is 5.53. The molecule has 1 atom stereocenters. The number of hydrogen-bond acceptors (Lipinski definition) is 4. The minimum absolute atomic E-state index is 0.122. The highest BCUT2D eigenvalue weighted by Crippen LogP contribution is 2.41. The van der Waals surface area contributed by atoms with Crippen molar-refractivity contribution in [1.29, 1.82) is 0 Å². The predicted molar refractivity (Wildman–Crippen MR) is 114 cm³/mol. The molecule has 3 aromatic carbocycles. The van der Waals surface area contributed by atoms with Gasteiger partial charge in [0.25, 0.3) is 0 Å². The van der Waals surface area contributed by atoms with Gasteiger partial charge in [-0.25, -0.2) is 9.18 Å². The van der Waals surface area contributed by atoms with Crippen LogP contribution in [0.4, 0.5) is 4.39 Å². The minimum Gasteiger partial charge on any atom is -0.482 e. The summed E-state index contributed by atoms with van der Waals surface area (Å²) in [6.07, 6.45) is 0.841. The monoisotopic (exact) mass is 419 g/mol. The second-order valence-corrected chi connectivity index (χ2v) is 7.49. The van der Waals surface area contributed by atoms with Crippen LogP contribution in [0.3, 0.4) is 0 Å². The normalized spacial score (nSPS) is 17.6. The van der Waals surface area contributed by atoms with Gasteiger partial charge in [0.2, 0.25) is 0 Å². The molecule has 0 saturated heterocycles. The average Bonchev–Trinajstić information content (AvgIpc) is 2.78. The number of hydrogen-bond donors (Lipinski definition) is 2. The molecule has 0 radical (unpaired) electrons. The lowest BCUT2D eigenvalue weighted by Gasteiger charge is -2.40. The number of benzene rings is 3. The van der Waals surface area contributed by atoms with Gasteiger partial charge in [0, 0.05) is 18.5 Å². The summed E-state index contributed by atoms with van der Waals surface area (Å²) in [4.78, 5) is 25.0. The SMILES string of the molecule is O=C(O)COc1ccc(F)cc1C1(C(=O)Cc2ccccc2)NCCc2ccccc21. The molecular weight excluding hydrogens is 397 g/mol.